The zero-order valence-electron chi connectivity index (χ0n) is 10.9. The summed E-state index contributed by atoms with van der Waals surface area (Å²) < 4.78 is 0. The number of hydrogen-bond donors (Lipinski definition) is 0. The minimum absolute atomic E-state index is 0.223. The normalized spacial score (nSPS) is 29.1. The standard InChI is InChI=1S/C14H20N2OS/c1-15-6-2-4-14(10-15)5-7-16(11-14)13(17)12-3-8-18-9-12/h3,8-9H,2,4-7,10-11H2,1H3/t14-/m1/s1. The summed E-state index contributed by atoms with van der Waals surface area (Å²) in [6.07, 6.45) is 3.73. The SMILES string of the molecule is CN1CCC[C@@]2(CCN(C(=O)c3ccsc3)C2)C1. The minimum Gasteiger partial charge on any atom is -0.338 e. The summed E-state index contributed by atoms with van der Waals surface area (Å²) in [6.45, 7) is 4.25. The Balaban J connectivity index is 1.69. The van der Waals surface area contributed by atoms with E-state index >= 15 is 0 Å². The lowest BCUT2D eigenvalue weighted by Gasteiger charge is -2.38. The van der Waals surface area contributed by atoms with E-state index < -0.39 is 0 Å². The highest BCUT2D eigenvalue weighted by atomic mass is 32.1. The summed E-state index contributed by atoms with van der Waals surface area (Å²) in [5.74, 6) is 0.223. The van der Waals surface area contributed by atoms with Crippen LogP contribution < -0.4 is 0 Å². The van der Waals surface area contributed by atoms with Crippen LogP contribution >= 0.6 is 11.3 Å². The Morgan fingerprint density at radius 3 is 2.94 bits per heavy atom. The molecular formula is C14H20N2OS. The van der Waals surface area contributed by atoms with E-state index in [0.29, 0.717) is 5.41 Å². The summed E-state index contributed by atoms with van der Waals surface area (Å²) >= 11 is 1.60. The van der Waals surface area contributed by atoms with Crippen LogP contribution in [0.2, 0.25) is 0 Å². The summed E-state index contributed by atoms with van der Waals surface area (Å²) in [7, 11) is 2.20. The van der Waals surface area contributed by atoms with Gasteiger partial charge in [-0.3, -0.25) is 4.79 Å². The predicted octanol–water partition coefficient (Wildman–Crippen LogP) is 2.31. The summed E-state index contributed by atoms with van der Waals surface area (Å²) in [6, 6.07) is 1.94. The van der Waals surface area contributed by atoms with E-state index in [4.69, 9.17) is 0 Å². The van der Waals surface area contributed by atoms with Gasteiger partial charge in [-0.1, -0.05) is 0 Å². The second-order valence-corrected chi connectivity index (χ2v) is 6.61. The Kier molecular flexibility index (Phi) is 3.16. The maximum absolute atomic E-state index is 12.3. The maximum atomic E-state index is 12.3. The lowest BCUT2D eigenvalue weighted by molar-refractivity contribution is 0.0723. The van der Waals surface area contributed by atoms with Crippen molar-refractivity contribution in [2.75, 3.05) is 33.2 Å². The molecule has 1 aromatic heterocycles. The van der Waals surface area contributed by atoms with Crippen molar-refractivity contribution in [3.8, 4) is 0 Å². The molecule has 2 fully saturated rings. The number of amides is 1. The third kappa shape index (κ3) is 2.19. The number of nitrogens with zero attached hydrogens (tertiary/aromatic N) is 2. The molecule has 2 saturated heterocycles. The number of piperidine rings is 1. The van der Waals surface area contributed by atoms with Gasteiger partial charge in [-0.25, -0.2) is 0 Å². The zero-order valence-corrected chi connectivity index (χ0v) is 11.7. The van der Waals surface area contributed by atoms with E-state index in [9.17, 15) is 4.79 Å². The first-order chi connectivity index (χ1) is 8.69. The van der Waals surface area contributed by atoms with Gasteiger partial charge in [0.25, 0.3) is 5.91 Å². The highest BCUT2D eigenvalue weighted by molar-refractivity contribution is 7.08. The summed E-state index contributed by atoms with van der Waals surface area (Å²) in [5.41, 5.74) is 1.24. The fourth-order valence-corrected chi connectivity index (χ4v) is 4.09. The molecule has 1 aromatic rings. The first-order valence-corrected chi connectivity index (χ1v) is 7.63. The van der Waals surface area contributed by atoms with Crippen molar-refractivity contribution in [3.05, 3.63) is 22.4 Å². The van der Waals surface area contributed by atoms with E-state index in [-0.39, 0.29) is 5.91 Å². The highest BCUT2D eigenvalue weighted by Gasteiger charge is 2.42. The van der Waals surface area contributed by atoms with Crippen LogP contribution in [0.25, 0.3) is 0 Å². The van der Waals surface area contributed by atoms with E-state index in [1.54, 1.807) is 11.3 Å². The molecule has 1 amide bonds. The monoisotopic (exact) mass is 264 g/mol. The largest absolute Gasteiger partial charge is 0.338 e. The van der Waals surface area contributed by atoms with Crippen LogP contribution in [0.5, 0.6) is 0 Å². The van der Waals surface area contributed by atoms with Gasteiger partial charge in [-0.2, -0.15) is 11.3 Å². The number of thiophene rings is 1. The average molecular weight is 264 g/mol. The van der Waals surface area contributed by atoms with Gasteiger partial charge in [0.15, 0.2) is 0 Å². The molecule has 3 nitrogen and oxygen atoms in total. The molecular weight excluding hydrogens is 244 g/mol. The van der Waals surface area contributed by atoms with Crippen molar-refractivity contribution in [3.63, 3.8) is 0 Å². The first kappa shape index (κ1) is 12.2. The fraction of sp³-hybridized carbons (Fsp3) is 0.643. The number of rotatable bonds is 1. The van der Waals surface area contributed by atoms with Gasteiger partial charge in [0.2, 0.25) is 0 Å². The molecule has 0 aliphatic carbocycles. The highest BCUT2D eigenvalue weighted by Crippen LogP contribution is 2.39. The lowest BCUT2D eigenvalue weighted by Crippen LogP contribution is -2.43. The minimum atomic E-state index is 0.223. The van der Waals surface area contributed by atoms with Crippen molar-refractivity contribution in [1.82, 2.24) is 9.80 Å². The molecule has 4 heteroatoms. The quantitative estimate of drug-likeness (QED) is 0.777. The maximum Gasteiger partial charge on any atom is 0.254 e. The van der Waals surface area contributed by atoms with Gasteiger partial charge in [0.05, 0.1) is 5.56 Å². The molecule has 0 radical (unpaired) electrons. The Bertz CT molecular complexity index is 431. The third-order valence-corrected chi connectivity index (χ3v) is 5.03. The molecule has 18 heavy (non-hydrogen) atoms. The number of hydrogen-bond acceptors (Lipinski definition) is 3. The van der Waals surface area contributed by atoms with Crippen molar-refractivity contribution < 1.29 is 4.79 Å². The molecule has 0 bridgehead atoms. The predicted molar refractivity (Wildman–Crippen MR) is 74.0 cm³/mol. The fourth-order valence-electron chi connectivity index (χ4n) is 3.46. The average Bonchev–Trinajstić information content (AvgIpc) is 2.98. The number of carbonyl (C=O) groups is 1. The molecule has 0 saturated carbocycles. The van der Waals surface area contributed by atoms with Crippen LogP contribution in [0.15, 0.2) is 16.8 Å². The van der Waals surface area contributed by atoms with Crippen LogP contribution in [0.3, 0.4) is 0 Å². The molecule has 1 atom stereocenters. The van der Waals surface area contributed by atoms with E-state index in [0.717, 1.165) is 25.2 Å². The van der Waals surface area contributed by atoms with Crippen molar-refractivity contribution >= 4 is 17.2 Å². The van der Waals surface area contributed by atoms with E-state index in [1.807, 2.05) is 16.8 Å². The third-order valence-electron chi connectivity index (χ3n) is 4.35. The molecule has 0 unspecified atom stereocenters. The molecule has 0 N–H and O–H groups in total. The molecule has 1 spiro atoms. The molecule has 0 aromatic carbocycles. The Morgan fingerprint density at radius 1 is 1.33 bits per heavy atom. The second kappa shape index (κ2) is 4.67. The molecule has 3 rings (SSSR count). The zero-order chi connectivity index (χ0) is 12.6. The van der Waals surface area contributed by atoms with Gasteiger partial charge >= 0.3 is 0 Å². The second-order valence-electron chi connectivity index (χ2n) is 5.83. The van der Waals surface area contributed by atoms with Gasteiger partial charge in [-0.15, -0.1) is 0 Å². The Hall–Kier alpha value is -0.870. The van der Waals surface area contributed by atoms with Crippen LogP contribution in [0, 0.1) is 5.41 Å². The van der Waals surface area contributed by atoms with Gasteiger partial charge < -0.3 is 9.80 Å². The van der Waals surface area contributed by atoms with Crippen LogP contribution in [0.1, 0.15) is 29.6 Å². The first-order valence-electron chi connectivity index (χ1n) is 6.69. The smallest absolute Gasteiger partial charge is 0.254 e. The number of carbonyl (C=O) groups excluding carboxylic acids is 1. The van der Waals surface area contributed by atoms with Gasteiger partial charge in [0, 0.05) is 30.4 Å². The molecule has 2 aliphatic heterocycles. The molecule has 3 heterocycles. The van der Waals surface area contributed by atoms with Crippen molar-refractivity contribution in [2.24, 2.45) is 5.41 Å². The van der Waals surface area contributed by atoms with E-state index in [2.05, 4.69) is 16.8 Å². The van der Waals surface area contributed by atoms with Gasteiger partial charge in [-0.05, 0) is 44.3 Å². The number of likely N-dealkylation sites (tertiary alicyclic amines) is 2. The van der Waals surface area contributed by atoms with Crippen molar-refractivity contribution in [2.45, 2.75) is 19.3 Å². The Morgan fingerprint density at radius 2 is 2.22 bits per heavy atom. The Labute approximate surface area is 112 Å². The van der Waals surface area contributed by atoms with Crippen LogP contribution in [-0.2, 0) is 0 Å². The summed E-state index contributed by atoms with van der Waals surface area (Å²) in [5, 5.41) is 3.94. The van der Waals surface area contributed by atoms with Crippen LogP contribution in [-0.4, -0.2) is 48.9 Å². The molecule has 98 valence electrons. The van der Waals surface area contributed by atoms with Gasteiger partial charge in [0.1, 0.15) is 0 Å². The topological polar surface area (TPSA) is 23.6 Å². The van der Waals surface area contributed by atoms with E-state index in [1.165, 1.54) is 25.8 Å². The molecule has 2 aliphatic rings. The summed E-state index contributed by atoms with van der Waals surface area (Å²) in [4.78, 5) is 16.8. The van der Waals surface area contributed by atoms with Crippen LogP contribution in [0.4, 0.5) is 0 Å². The lowest BCUT2D eigenvalue weighted by atomic mass is 9.79. The van der Waals surface area contributed by atoms with Crippen molar-refractivity contribution in [1.29, 1.82) is 0 Å².